The first kappa shape index (κ1) is 23.6. The monoisotopic (exact) mass is 458 g/mol. The van der Waals surface area contributed by atoms with E-state index in [4.69, 9.17) is 0 Å². The summed E-state index contributed by atoms with van der Waals surface area (Å²) in [6, 6.07) is 25.1. The zero-order valence-corrected chi connectivity index (χ0v) is 21.9. The van der Waals surface area contributed by atoms with Gasteiger partial charge in [0.1, 0.15) is 0 Å². The number of aryl methyl sites for hydroxylation is 2. The van der Waals surface area contributed by atoms with Crippen molar-refractivity contribution in [3.8, 4) is 0 Å². The van der Waals surface area contributed by atoms with Gasteiger partial charge in [0, 0.05) is 5.92 Å². The molecular weight excluding hydrogens is 420 g/mol. The molecule has 2 aliphatic rings. The summed E-state index contributed by atoms with van der Waals surface area (Å²) in [5.41, 5.74) is 12.8. The van der Waals surface area contributed by atoms with Crippen LogP contribution < -0.4 is 0 Å². The fourth-order valence-electron chi connectivity index (χ4n) is 5.64. The molecule has 0 spiro atoms. The van der Waals surface area contributed by atoms with Gasteiger partial charge in [-0.25, -0.2) is 0 Å². The minimum absolute atomic E-state index is 0.118. The first-order chi connectivity index (χ1) is 16.8. The van der Waals surface area contributed by atoms with Gasteiger partial charge in [0.25, 0.3) is 0 Å². The van der Waals surface area contributed by atoms with E-state index in [0.29, 0.717) is 11.8 Å². The summed E-state index contributed by atoms with van der Waals surface area (Å²) in [5.74, 6) is 1.20. The molecule has 0 N–H and O–H groups in total. The van der Waals surface area contributed by atoms with Gasteiger partial charge in [-0.05, 0) is 86.8 Å². The normalized spacial score (nSPS) is 17.0. The Morgan fingerprint density at radius 1 is 0.857 bits per heavy atom. The molecule has 0 fully saturated rings. The van der Waals surface area contributed by atoms with E-state index in [1.807, 2.05) is 0 Å². The van der Waals surface area contributed by atoms with E-state index >= 15 is 0 Å². The van der Waals surface area contributed by atoms with Crippen LogP contribution in [0.15, 0.2) is 85.0 Å². The standard InChI is InChI=1S/C35H38/c1-24(2)32-19-18-31-22-29(17-20-33(31)32)27-15-16-28(21-27)30-14-13-26(34(23-30)35(3,4)5)12-11-25-9-7-6-8-10-25/h6-10,13-14,16-24,32H,11-12,15H2,1-5H3. The predicted octanol–water partition coefficient (Wildman–Crippen LogP) is 9.41. The highest BCUT2D eigenvalue weighted by molar-refractivity contribution is 5.90. The molecule has 0 aliphatic heterocycles. The Hall–Kier alpha value is -3.12. The van der Waals surface area contributed by atoms with Gasteiger partial charge >= 0.3 is 0 Å². The van der Waals surface area contributed by atoms with Crippen LogP contribution in [-0.2, 0) is 18.3 Å². The molecule has 1 unspecified atom stereocenters. The van der Waals surface area contributed by atoms with Gasteiger partial charge in [0.15, 0.2) is 0 Å². The van der Waals surface area contributed by atoms with E-state index < -0.39 is 0 Å². The van der Waals surface area contributed by atoms with Crippen LogP contribution in [0.3, 0.4) is 0 Å². The first-order valence-electron chi connectivity index (χ1n) is 13.2. The number of hydrogen-bond donors (Lipinski definition) is 0. The molecule has 0 heteroatoms. The number of hydrogen-bond acceptors (Lipinski definition) is 0. The van der Waals surface area contributed by atoms with Crippen molar-refractivity contribution in [1.29, 1.82) is 0 Å². The van der Waals surface area contributed by atoms with E-state index in [1.54, 1.807) is 0 Å². The maximum Gasteiger partial charge on any atom is 0.00502 e. The third kappa shape index (κ3) is 4.98. The molecule has 3 aromatic rings. The smallest absolute Gasteiger partial charge is 0.00502 e. The molecule has 0 bridgehead atoms. The van der Waals surface area contributed by atoms with Crippen molar-refractivity contribution in [2.45, 2.75) is 65.2 Å². The fourth-order valence-corrected chi connectivity index (χ4v) is 5.64. The third-order valence-corrected chi connectivity index (χ3v) is 7.67. The molecule has 178 valence electrons. The van der Waals surface area contributed by atoms with Crippen molar-refractivity contribution >= 4 is 17.2 Å². The molecule has 0 amide bonds. The second-order valence-electron chi connectivity index (χ2n) is 11.6. The second-order valence-corrected chi connectivity index (χ2v) is 11.6. The van der Waals surface area contributed by atoms with Crippen molar-refractivity contribution in [1.82, 2.24) is 0 Å². The first-order valence-corrected chi connectivity index (χ1v) is 13.2. The van der Waals surface area contributed by atoms with Crippen molar-refractivity contribution in [3.05, 3.63) is 124 Å². The van der Waals surface area contributed by atoms with E-state index in [0.717, 1.165) is 19.3 Å². The summed E-state index contributed by atoms with van der Waals surface area (Å²) >= 11 is 0. The van der Waals surface area contributed by atoms with Crippen LogP contribution in [0.1, 0.15) is 85.9 Å². The summed E-state index contributed by atoms with van der Waals surface area (Å²) < 4.78 is 0. The molecule has 0 saturated heterocycles. The molecule has 0 radical (unpaired) electrons. The molecule has 2 aliphatic carbocycles. The van der Waals surface area contributed by atoms with Crippen LogP contribution in [-0.4, -0.2) is 0 Å². The SMILES string of the molecule is CC(C)C1C=Cc2cc(C3=CC(c4ccc(CCc5ccccc5)c(C(C)(C)C)c4)=CC3)ccc21. The van der Waals surface area contributed by atoms with Gasteiger partial charge in [0.2, 0.25) is 0 Å². The molecule has 0 saturated carbocycles. The summed E-state index contributed by atoms with van der Waals surface area (Å²) in [5, 5.41) is 0. The van der Waals surface area contributed by atoms with Gasteiger partial charge < -0.3 is 0 Å². The zero-order chi connectivity index (χ0) is 24.6. The molecule has 1 atom stereocenters. The highest BCUT2D eigenvalue weighted by Crippen LogP contribution is 2.39. The van der Waals surface area contributed by atoms with E-state index in [2.05, 4.69) is 126 Å². The van der Waals surface area contributed by atoms with Crippen molar-refractivity contribution < 1.29 is 0 Å². The van der Waals surface area contributed by atoms with E-state index in [-0.39, 0.29) is 5.41 Å². The topological polar surface area (TPSA) is 0 Å². The Morgan fingerprint density at radius 2 is 1.63 bits per heavy atom. The highest BCUT2D eigenvalue weighted by atomic mass is 14.3. The molecule has 5 rings (SSSR count). The van der Waals surface area contributed by atoms with Crippen LogP contribution >= 0.6 is 0 Å². The summed E-state index contributed by atoms with van der Waals surface area (Å²) in [6.45, 7) is 11.6. The van der Waals surface area contributed by atoms with E-state index in [1.165, 1.54) is 50.1 Å². The molecule has 0 heterocycles. The summed E-state index contributed by atoms with van der Waals surface area (Å²) in [7, 11) is 0. The molecule has 0 aromatic heterocycles. The summed E-state index contributed by atoms with van der Waals surface area (Å²) in [4.78, 5) is 0. The van der Waals surface area contributed by atoms with E-state index in [9.17, 15) is 0 Å². The predicted molar refractivity (Wildman–Crippen MR) is 153 cm³/mol. The Morgan fingerprint density at radius 3 is 2.37 bits per heavy atom. The minimum atomic E-state index is 0.118. The average molecular weight is 459 g/mol. The van der Waals surface area contributed by atoms with Gasteiger partial charge in [-0.15, -0.1) is 0 Å². The van der Waals surface area contributed by atoms with Crippen molar-refractivity contribution in [3.63, 3.8) is 0 Å². The highest BCUT2D eigenvalue weighted by Gasteiger charge is 2.22. The zero-order valence-electron chi connectivity index (χ0n) is 21.9. The number of fused-ring (bicyclic) bond motifs is 1. The Labute approximate surface area is 212 Å². The van der Waals surface area contributed by atoms with Crippen molar-refractivity contribution in [2.75, 3.05) is 0 Å². The second kappa shape index (κ2) is 9.50. The van der Waals surface area contributed by atoms with Crippen molar-refractivity contribution in [2.24, 2.45) is 5.92 Å². The maximum atomic E-state index is 2.45. The Balaban J connectivity index is 1.39. The van der Waals surface area contributed by atoms with Gasteiger partial charge in [-0.1, -0.05) is 120 Å². The van der Waals surface area contributed by atoms with Crippen LogP contribution in [0.25, 0.3) is 17.2 Å². The van der Waals surface area contributed by atoms with Gasteiger partial charge in [-0.2, -0.15) is 0 Å². The number of allylic oxidation sites excluding steroid dienone is 5. The average Bonchev–Trinajstić information content (AvgIpc) is 3.50. The fraction of sp³-hybridized carbons (Fsp3) is 0.314. The molecule has 0 nitrogen and oxygen atoms in total. The quantitative estimate of drug-likeness (QED) is 0.345. The maximum absolute atomic E-state index is 2.45. The third-order valence-electron chi connectivity index (χ3n) is 7.67. The number of rotatable bonds is 6. The van der Waals surface area contributed by atoms with Crippen LogP contribution in [0, 0.1) is 5.92 Å². The van der Waals surface area contributed by atoms with Crippen LogP contribution in [0.2, 0.25) is 0 Å². The lowest BCUT2D eigenvalue weighted by Gasteiger charge is -2.24. The molecular formula is C35H38. The Bertz CT molecular complexity index is 1310. The Kier molecular flexibility index (Phi) is 6.41. The van der Waals surface area contributed by atoms with Crippen LogP contribution in [0.5, 0.6) is 0 Å². The minimum Gasteiger partial charge on any atom is -0.0761 e. The van der Waals surface area contributed by atoms with Gasteiger partial charge in [-0.3, -0.25) is 0 Å². The molecule has 3 aromatic carbocycles. The summed E-state index contributed by atoms with van der Waals surface area (Å²) in [6.07, 6.45) is 12.7. The lowest BCUT2D eigenvalue weighted by Crippen LogP contribution is -2.15. The number of benzene rings is 3. The van der Waals surface area contributed by atoms with Crippen LogP contribution in [0.4, 0.5) is 0 Å². The molecule has 35 heavy (non-hydrogen) atoms. The lowest BCUT2D eigenvalue weighted by atomic mass is 9.80. The largest absolute Gasteiger partial charge is 0.0761 e. The van der Waals surface area contributed by atoms with Gasteiger partial charge in [0.05, 0.1) is 0 Å². The lowest BCUT2D eigenvalue weighted by molar-refractivity contribution is 0.581.